The molecule has 0 aliphatic carbocycles. The lowest BCUT2D eigenvalue weighted by atomic mass is 10.1. The zero-order chi connectivity index (χ0) is 9.02. The molecule has 0 heterocycles. The lowest BCUT2D eigenvalue weighted by Crippen LogP contribution is -2.04. The average Bonchev–Trinajstić information content (AvgIpc) is 1.88. The second-order valence-electron chi connectivity index (χ2n) is 2.07. The Morgan fingerprint density at radius 3 is 2.00 bits per heavy atom. The van der Waals surface area contributed by atoms with E-state index >= 15 is 0 Å². The number of thiol groups is 1. The summed E-state index contributed by atoms with van der Waals surface area (Å²) in [5.74, 6) is -1.07. The molecular formula is C7H10O3S. The van der Waals surface area contributed by atoms with Crippen LogP contribution >= 0.6 is 12.6 Å². The largest absolute Gasteiger partial charge is 0.478 e. The Labute approximate surface area is 70.5 Å². The highest BCUT2D eigenvalue weighted by Crippen LogP contribution is 2.11. The molecule has 0 aliphatic heterocycles. The van der Waals surface area contributed by atoms with Gasteiger partial charge in [-0.3, -0.25) is 4.79 Å². The first-order valence-corrected chi connectivity index (χ1v) is 3.61. The van der Waals surface area contributed by atoms with Crippen LogP contribution in [-0.2, 0) is 9.59 Å². The average molecular weight is 174 g/mol. The number of carboxylic acid groups (broad SMARTS) is 1. The van der Waals surface area contributed by atoms with Crippen molar-refractivity contribution in [2.45, 2.75) is 20.3 Å². The van der Waals surface area contributed by atoms with E-state index in [4.69, 9.17) is 5.11 Å². The summed E-state index contributed by atoms with van der Waals surface area (Å²) in [4.78, 5) is 21.0. The third kappa shape index (κ3) is 2.76. The number of carboxylic acids is 1. The van der Waals surface area contributed by atoms with Crippen LogP contribution in [0.4, 0.5) is 0 Å². The molecule has 0 aromatic rings. The van der Waals surface area contributed by atoms with Crippen LogP contribution in [0.5, 0.6) is 0 Å². The van der Waals surface area contributed by atoms with E-state index in [1.165, 1.54) is 6.92 Å². The minimum Gasteiger partial charge on any atom is -0.478 e. The van der Waals surface area contributed by atoms with Gasteiger partial charge in [-0.2, -0.15) is 0 Å². The number of carbonyl (C=O) groups excluding carboxylic acids is 1. The van der Waals surface area contributed by atoms with Crippen molar-refractivity contribution in [3.05, 3.63) is 11.1 Å². The molecule has 0 rings (SSSR count). The zero-order valence-electron chi connectivity index (χ0n) is 6.42. The van der Waals surface area contributed by atoms with Crippen LogP contribution < -0.4 is 0 Å². The fraction of sp³-hybridized carbons (Fsp3) is 0.429. The Morgan fingerprint density at radius 1 is 1.45 bits per heavy atom. The fourth-order valence-corrected chi connectivity index (χ4v) is 1.03. The van der Waals surface area contributed by atoms with Gasteiger partial charge in [0.15, 0.2) is 0 Å². The molecule has 0 aromatic heterocycles. The summed E-state index contributed by atoms with van der Waals surface area (Å²) < 4.78 is 0. The smallest absolute Gasteiger partial charge is 0.331 e. The van der Waals surface area contributed by atoms with Gasteiger partial charge in [-0.25, -0.2) is 4.79 Å². The van der Waals surface area contributed by atoms with Gasteiger partial charge in [0.2, 0.25) is 5.12 Å². The summed E-state index contributed by atoms with van der Waals surface area (Å²) in [6, 6.07) is 0. The predicted molar refractivity (Wildman–Crippen MR) is 44.6 cm³/mol. The molecule has 0 amide bonds. The minimum atomic E-state index is -1.07. The molecule has 0 bridgehead atoms. The first-order chi connectivity index (χ1) is 5.00. The van der Waals surface area contributed by atoms with Crippen LogP contribution in [0.15, 0.2) is 11.1 Å². The van der Waals surface area contributed by atoms with Gasteiger partial charge in [-0.1, -0.05) is 6.92 Å². The topological polar surface area (TPSA) is 54.4 Å². The Bertz CT molecular complexity index is 218. The molecule has 62 valence electrons. The second-order valence-corrected chi connectivity index (χ2v) is 2.47. The standard InChI is InChI=1S/C7H10O3S/c1-3-5(7(10)11)4(2)6(8)9/h3H2,1-2H3,(H,8,9)(H,10,11)/b5-4-. The molecule has 0 spiro atoms. The van der Waals surface area contributed by atoms with E-state index in [2.05, 4.69) is 12.6 Å². The molecule has 1 N–H and O–H groups in total. The quantitative estimate of drug-likeness (QED) is 0.500. The predicted octanol–water partition coefficient (Wildman–Crippen LogP) is 1.25. The van der Waals surface area contributed by atoms with Gasteiger partial charge >= 0.3 is 5.97 Å². The van der Waals surface area contributed by atoms with Gasteiger partial charge in [-0.05, 0) is 13.3 Å². The van der Waals surface area contributed by atoms with Gasteiger partial charge in [0.1, 0.15) is 0 Å². The third-order valence-electron chi connectivity index (χ3n) is 1.39. The van der Waals surface area contributed by atoms with Crippen LogP contribution in [0.2, 0.25) is 0 Å². The lowest BCUT2D eigenvalue weighted by molar-refractivity contribution is -0.132. The van der Waals surface area contributed by atoms with Crippen LogP contribution in [0.1, 0.15) is 20.3 Å². The van der Waals surface area contributed by atoms with Crippen molar-refractivity contribution >= 4 is 23.7 Å². The summed E-state index contributed by atoms with van der Waals surface area (Å²) in [6.07, 6.45) is 0.403. The van der Waals surface area contributed by atoms with Crippen molar-refractivity contribution in [1.29, 1.82) is 0 Å². The number of hydrogen-bond acceptors (Lipinski definition) is 2. The minimum absolute atomic E-state index is 0.0764. The monoisotopic (exact) mass is 174 g/mol. The molecule has 0 saturated carbocycles. The van der Waals surface area contributed by atoms with E-state index in [-0.39, 0.29) is 11.1 Å². The normalized spacial score (nSPS) is 12.3. The highest BCUT2D eigenvalue weighted by Gasteiger charge is 2.11. The number of aliphatic carboxylic acids is 1. The molecular weight excluding hydrogens is 164 g/mol. The van der Waals surface area contributed by atoms with Crippen LogP contribution in [-0.4, -0.2) is 16.2 Å². The maximum Gasteiger partial charge on any atom is 0.331 e. The molecule has 0 aromatic carbocycles. The third-order valence-corrected chi connectivity index (χ3v) is 1.66. The summed E-state index contributed by atoms with van der Waals surface area (Å²) in [5, 5.41) is 8.02. The second kappa shape index (κ2) is 4.18. The molecule has 11 heavy (non-hydrogen) atoms. The molecule has 0 saturated heterocycles. The van der Waals surface area contributed by atoms with Crippen molar-refractivity contribution in [3.63, 3.8) is 0 Å². The van der Waals surface area contributed by atoms with E-state index in [0.717, 1.165) is 0 Å². The summed E-state index contributed by atoms with van der Waals surface area (Å²) in [5.41, 5.74) is 0.341. The summed E-state index contributed by atoms with van der Waals surface area (Å²) >= 11 is 3.55. The maximum atomic E-state index is 10.7. The van der Waals surface area contributed by atoms with Crippen molar-refractivity contribution < 1.29 is 14.7 Å². The van der Waals surface area contributed by atoms with E-state index in [0.29, 0.717) is 6.42 Å². The Kier molecular flexibility index (Phi) is 3.89. The van der Waals surface area contributed by atoms with Crippen molar-refractivity contribution in [2.24, 2.45) is 0 Å². The first-order valence-electron chi connectivity index (χ1n) is 3.17. The summed E-state index contributed by atoms with van der Waals surface area (Å²) in [7, 11) is 0. The van der Waals surface area contributed by atoms with Crippen LogP contribution in [0.3, 0.4) is 0 Å². The molecule has 0 radical (unpaired) electrons. The zero-order valence-corrected chi connectivity index (χ0v) is 7.31. The van der Waals surface area contributed by atoms with Gasteiger partial charge in [-0.15, -0.1) is 12.6 Å². The molecule has 0 fully saturated rings. The Morgan fingerprint density at radius 2 is 1.91 bits per heavy atom. The number of hydrogen-bond donors (Lipinski definition) is 2. The highest BCUT2D eigenvalue weighted by molar-refractivity contribution is 7.97. The highest BCUT2D eigenvalue weighted by atomic mass is 32.1. The number of carbonyl (C=O) groups is 2. The number of rotatable bonds is 3. The Hall–Kier alpha value is -0.770. The fourth-order valence-electron chi connectivity index (χ4n) is 0.706. The van der Waals surface area contributed by atoms with Crippen molar-refractivity contribution in [2.75, 3.05) is 0 Å². The van der Waals surface area contributed by atoms with Gasteiger partial charge in [0.05, 0.1) is 0 Å². The lowest BCUT2D eigenvalue weighted by Gasteiger charge is -2.00. The Balaban J connectivity index is 4.83. The van der Waals surface area contributed by atoms with E-state index in [9.17, 15) is 9.59 Å². The van der Waals surface area contributed by atoms with Crippen molar-refractivity contribution in [1.82, 2.24) is 0 Å². The van der Waals surface area contributed by atoms with E-state index in [1.807, 2.05) is 0 Å². The van der Waals surface area contributed by atoms with Gasteiger partial charge < -0.3 is 5.11 Å². The van der Waals surface area contributed by atoms with E-state index in [1.54, 1.807) is 6.92 Å². The maximum absolute atomic E-state index is 10.7. The molecule has 0 atom stereocenters. The van der Waals surface area contributed by atoms with Crippen molar-refractivity contribution in [3.8, 4) is 0 Å². The summed E-state index contributed by atoms with van der Waals surface area (Å²) in [6.45, 7) is 3.12. The van der Waals surface area contributed by atoms with Crippen LogP contribution in [0, 0.1) is 0 Å². The molecule has 0 aliphatic rings. The molecule has 0 unspecified atom stereocenters. The van der Waals surface area contributed by atoms with Crippen LogP contribution in [0.25, 0.3) is 0 Å². The van der Waals surface area contributed by atoms with E-state index < -0.39 is 11.1 Å². The molecule has 4 heteroatoms. The SMILES string of the molecule is CC/C(C(=O)S)=C(\C)C(=O)O. The van der Waals surface area contributed by atoms with Gasteiger partial charge in [0.25, 0.3) is 0 Å². The first kappa shape index (κ1) is 10.2. The van der Waals surface area contributed by atoms with Gasteiger partial charge in [0, 0.05) is 11.1 Å². The molecule has 3 nitrogen and oxygen atoms in total.